The van der Waals surface area contributed by atoms with E-state index in [2.05, 4.69) is 0 Å². The highest BCUT2D eigenvalue weighted by Gasteiger charge is 2.44. The molecule has 0 saturated carbocycles. The van der Waals surface area contributed by atoms with Crippen LogP contribution in [-0.2, 0) is 10.1 Å². The highest BCUT2D eigenvalue weighted by molar-refractivity contribution is 7.86. The fourth-order valence-corrected chi connectivity index (χ4v) is 1.35. The summed E-state index contributed by atoms with van der Waals surface area (Å²) in [5.41, 5.74) is -4.61. The van der Waals surface area contributed by atoms with Gasteiger partial charge in [0.05, 0.1) is 6.67 Å². The highest BCUT2D eigenvalue weighted by atomic mass is 32.2. The van der Waals surface area contributed by atoms with Crippen molar-refractivity contribution in [3.05, 3.63) is 42.7 Å². The second kappa shape index (κ2) is 6.92. The van der Waals surface area contributed by atoms with Gasteiger partial charge in [0.2, 0.25) is 0 Å². The Hall–Kier alpha value is -1.88. The van der Waals surface area contributed by atoms with Gasteiger partial charge >= 0.3 is 22.2 Å². The first-order valence-corrected chi connectivity index (χ1v) is 7.04. The Morgan fingerprint density at radius 3 is 1.95 bits per heavy atom. The van der Waals surface area contributed by atoms with Gasteiger partial charge in [0.15, 0.2) is 0 Å². The molecule has 1 aromatic rings. The molecule has 0 radical (unpaired) electrons. The van der Waals surface area contributed by atoms with E-state index in [1.54, 1.807) is 11.1 Å². The minimum absolute atomic E-state index is 0.210. The zero-order valence-electron chi connectivity index (χ0n) is 10.8. The zero-order valence-corrected chi connectivity index (χ0v) is 11.6. The molecular formula is C11H11F5N2O3S. The molecule has 0 saturated heterocycles. The van der Waals surface area contributed by atoms with Crippen molar-refractivity contribution in [2.75, 3.05) is 11.6 Å². The molecule has 0 fully saturated rings. The third-order valence-corrected chi connectivity index (χ3v) is 2.97. The SMILES string of the molecule is FC(F)N1C=CN(c2ccccc2)C1.O=S(=O)(O)C(F)(F)F. The molecule has 1 aliphatic heterocycles. The summed E-state index contributed by atoms with van der Waals surface area (Å²) in [4.78, 5) is 2.75. The van der Waals surface area contributed by atoms with Gasteiger partial charge in [-0.25, -0.2) is 0 Å². The van der Waals surface area contributed by atoms with E-state index in [-0.39, 0.29) is 6.67 Å². The molecule has 1 heterocycles. The number of alkyl halides is 5. The number of hydrogen-bond acceptors (Lipinski definition) is 4. The van der Waals surface area contributed by atoms with Gasteiger partial charge in [-0.1, -0.05) is 18.2 Å². The Labute approximate surface area is 123 Å². The van der Waals surface area contributed by atoms with E-state index in [0.717, 1.165) is 10.6 Å². The van der Waals surface area contributed by atoms with Crippen LogP contribution in [0.5, 0.6) is 0 Å². The normalized spacial score (nSPS) is 15.0. The smallest absolute Gasteiger partial charge is 0.328 e. The monoisotopic (exact) mass is 346 g/mol. The second-order valence-corrected chi connectivity index (χ2v) is 5.37. The lowest BCUT2D eigenvalue weighted by molar-refractivity contribution is -0.0510. The highest BCUT2D eigenvalue weighted by Crippen LogP contribution is 2.21. The second-order valence-electron chi connectivity index (χ2n) is 3.96. The quantitative estimate of drug-likeness (QED) is 0.386. The Morgan fingerprint density at radius 2 is 1.59 bits per heavy atom. The average molecular weight is 346 g/mol. The van der Waals surface area contributed by atoms with Crippen molar-refractivity contribution in [1.29, 1.82) is 0 Å². The van der Waals surface area contributed by atoms with Crippen molar-refractivity contribution in [3.8, 4) is 0 Å². The van der Waals surface area contributed by atoms with Crippen LogP contribution < -0.4 is 4.90 Å². The van der Waals surface area contributed by atoms with E-state index in [4.69, 9.17) is 13.0 Å². The lowest BCUT2D eigenvalue weighted by atomic mass is 10.3. The third-order valence-electron chi connectivity index (χ3n) is 2.38. The molecule has 1 aromatic carbocycles. The molecule has 1 N–H and O–H groups in total. The summed E-state index contributed by atoms with van der Waals surface area (Å²) >= 11 is 0. The van der Waals surface area contributed by atoms with Crippen LogP contribution in [0.2, 0.25) is 0 Å². The van der Waals surface area contributed by atoms with Gasteiger partial charge in [-0.15, -0.1) is 0 Å². The lowest BCUT2D eigenvalue weighted by Gasteiger charge is -2.20. The van der Waals surface area contributed by atoms with Gasteiger partial charge in [0.1, 0.15) is 0 Å². The van der Waals surface area contributed by atoms with Gasteiger partial charge in [-0.3, -0.25) is 4.55 Å². The van der Waals surface area contributed by atoms with Crippen molar-refractivity contribution < 1.29 is 34.9 Å². The molecule has 11 heteroatoms. The largest absolute Gasteiger partial charge is 0.522 e. The molecule has 0 spiro atoms. The summed E-state index contributed by atoms with van der Waals surface area (Å²) in [7, 11) is -5.84. The molecular weight excluding hydrogens is 335 g/mol. The topological polar surface area (TPSA) is 60.9 Å². The van der Waals surface area contributed by atoms with Gasteiger partial charge in [0.25, 0.3) is 0 Å². The summed E-state index contributed by atoms with van der Waals surface area (Å²) in [6, 6.07) is 9.44. The minimum Gasteiger partial charge on any atom is -0.328 e. The Morgan fingerprint density at radius 1 is 1.09 bits per heavy atom. The maximum absolute atomic E-state index is 12.3. The lowest BCUT2D eigenvalue weighted by Crippen LogP contribution is -2.28. The van der Waals surface area contributed by atoms with Gasteiger partial charge in [0, 0.05) is 18.1 Å². The predicted octanol–water partition coefficient (Wildman–Crippen LogP) is 2.85. The summed E-state index contributed by atoms with van der Waals surface area (Å²) in [6.07, 6.45) is 3.05. The number of benzene rings is 1. The fourth-order valence-electron chi connectivity index (χ4n) is 1.35. The van der Waals surface area contributed by atoms with Crippen LogP contribution in [0.15, 0.2) is 42.7 Å². The molecule has 0 unspecified atom stereocenters. The molecule has 0 bridgehead atoms. The summed E-state index contributed by atoms with van der Waals surface area (Å²) in [5, 5.41) is 0. The fraction of sp³-hybridized carbons (Fsp3) is 0.273. The zero-order chi connectivity index (χ0) is 17.0. The van der Waals surface area contributed by atoms with Crippen LogP contribution >= 0.6 is 0 Å². The summed E-state index contributed by atoms with van der Waals surface area (Å²) < 4.78 is 82.1. The Bertz CT molecular complexity index is 604. The van der Waals surface area contributed by atoms with Gasteiger partial charge in [-0.05, 0) is 12.1 Å². The number of rotatable bonds is 2. The Balaban J connectivity index is 0.000000261. The summed E-state index contributed by atoms with van der Waals surface area (Å²) in [6.45, 7) is -2.22. The molecule has 2 rings (SSSR count). The molecule has 22 heavy (non-hydrogen) atoms. The van der Waals surface area contributed by atoms with Crippen molar-refractivity contribution in [1.82, 2.24) is 4.90 Å². The van der Waals surface area contributed by atoms with Crippen molar-refractivity contribution in [3.63, 3.8) is 0 Å². The van der Waals surface area contributed by atoms with Crippen LogP contribution in [0.25, 0.3) is 0 Å². The molecule has 5 nitrogen and oxygen atoms in total. The first kappa shape index (κ1) is 18.2. The third kappa shape index (κ3) is 5.15. The number of anilines is 1. The van der Waals surface area contributed by atoms with Crippen LogP contribution in [0.1, 0.15) is 0 Å². The standard InChI is InChI=1S/C10H10F2N2.CHF3O3S/c11-10(12)14-7-6-13(8-14)9-4-2-1-3-5-9;2-1(3,4)8(5,6)7/h1-7,10H,8H2;(H,5,6,7). The Kier molecular flexibility index (Phi) is 5.72. The first-order chi connectivity index (χ1) is 10.0. The van der Waals surface area contributed by atoms with E-state index >= 15 is 0 Å². The molecule has 124 valence electrons. The van der Waals surface area contributed by atoms with E-state index < -0.39 is 22.2 Å². The van der Waals surface area contributed by atoms with Crippen molar-refractivity contribution in [2.45, 2.75) is 12.1 Å². The number of para-hydroxylation sites is 1. The van der Waals surface area contributed by atoms with Crippen LogP contribution in [-0.4, -0.2) is 36.6 Å². The molecule has 0 aliphatic carbocycles. The van der Waals surface area contributed by atoms with Crippen LogP contribution in [0, 0.1) is 0 Å². The molecule has 1 aliphatic rings. The average Bonchev–Trinajstić information content (AvgIpc) is 2.88. The molecule has 0 atom stereocenters. The number of halogens is 5. The van der Waals surface area contributed by atoms with E-state index in [0.29, 0.717) is 0 Å². The number of nitrogens with zero attached hydrogens (tertiary/aromatic N) is 2. The van der Waals surface area contributed by atoms with Gasteiger partial charge < -0.3 is 9.80 Å². The first-order valence-electron chi connectivity index (χ1n) is 5.60. The number of hydrogen-bond donors (Lipinski definition) is 1. The maximum Gasteiger partial charge on any atom is 0.522 e. The van der Waals surface area contributed by atoms with E-state index in [1.165, 1.54) is 6.20 Å². The predicted molar refractivity (Wildman–Crippen MR) is 68.4 cm³/mol. The maximum atomic E-state index is 12.3. The van der Waals surface area contributed by atoms with Gasteiger partial charge in [-0.2, -0.15) is 30.4 Å². The van der Waals surface area contributed by atoms with E-state index in [9.17, 15) is 22.0 Å². The van der Waals surface area contributed by atoms with Crippen LogP contribution in [0.4, 0.5) is 27.6 Å². The minimum atomic E-state index is -5.84. The molecule has 0 amide bonds. The van der Waals surface area contributed by atoms with Crippen molar-refractivity contribution in [2.24, 2.45) is 0 Å². The summed E-state index contributed by atoms with van der Waals surface area (Å²) in [5.74, 6) is 0. The molecule has 0 aromatic heterocycles. The van der Waals surface area contributed by atoms with Crippen molar-refractivity contribution >= 4 is 15.8 Å². The van der Waals surface area contributed by atoms with Crippen LogP contribution in [0.3, 0.4) is 0 Å². The van der Waals surface area contributed by atoms with E-state index in [1.807, 2.05) is 30.3 Å².